The lowest BCUT2D eigenvalue weighted by atomic mass is 10.00. The van der Waals surface area contributed by atoms with Crippen LogP contribution in [0.25, 0.3) is 0 Å². The molecule has 1 aliphatic carbocycles. The maximum Gasteiger partial charge on any atom is 0.326 e. The van der Waals surface area contributed by atoms with Gasteiger partial charge in [0.25, 0.3) is 5.91 Å². The van der Waals surface area contributed by atoms with Crippen molar-refractivity contribution in [1.82, 2.24) is 4.90 Å². The fourth-order valence-electron chi connectivity index (χ4n) is 3.52. The molecule has 5 nitrogen and oxygen atoms in total. The average Bonchev–Trinajstić information content (AvgIpc) is 3.10. The molecule has 6 heteroatoms. The summed E-state index contributed by atoms with van der Waals surface area (Å²) in [6.07, 6.45) is 7.09. The van der Waals surface area contributed by atoms with E-state index in [9.17, 15) is 14.7 Å². The van der Waals surface area contributed by atoms with Crippen LogP contribution in [0.2, 0.25) is 0 Å². The maximum absolute atomic E-state index is 12.8. The van der Waals surface area contributed by atoms with E-state index in [1.807, 2.05) is 6.07 Å². The number of aliphatic carboxylic acids is 1. The van der Waals surface area contributed by atoms with Crippen molar-refractivity contribution in [2.45, 2.75) is 57.1 Å². The molecule has 0 aromatic carbocycles. The number of carbonyl (C=O) groups excluding carboxylic acids is 1. The number of aryl methyl sites for hydroxylation is 2. The summed E-state index contributed by atoms with van der Waals surface area (Å²) in [4.78, 5) is 27.7. The molecule has 0 spiro atoms. The monoisotopic (exact) mass is 337 g/mol. The van der Waals surface area contributed by atoms with E-state index in [0.717, 1.165) is 12.8 Å². The maximum atomic E-state index is 12.8. The van der Waals surface area contributed by atoms with Crippen LogP contribution in [0, 0.1) is 0 Å². The van der Waals surface area contributed by atoms with E-state index >= 15 is 0 Å². The summed E-state index contributed by atoms with van der Waals surface area (Å²) in [6.45, 7) is 0.356. The third kappa shape index (κ3) is 3.43. The first-order valence-corrected chi connectivity index (χ1v) is 9.10. The molecule has 1 fully saturated rings. The van der Waals surface area contributed by atoms with E-state index in [0.29, 0.717) is 17.8 Å². The number of amides is 1. The number of fused-ring (bicyclic) bond motifs is 1. The predicted octanol–water partition coefficient (Wildman–Crippen LogP) is 2.72. The number of carboxylic acid groups (broad SMARTS) is 1. The van der Waals surface area contributed by atoms with Gasteiger partial charge >= 0.3 is 5.97 Å². The smallest absolute Gasteiger partial charge is 0.326 e. The summed E-state index contributed by atoms with van der Waals surface area (Å²) in [7, 11) is 1.56. The molecule has 3 rings (SSSR count). The summed E-state index contributed by atoms with van der Waals surface area (Å²) in [5.74, 6) is -1.11. The summed E-state index contributed by atoms with van der Waals surface area (Å²) in [5.41, 5.74) is 1.28. The Morgan fingerprint density at radius 1 is 1.26 bits per heavy atom. The van der Waals surface area contributed by atoms with E-state index < -0.39 is 12.0 Å². The molecule has 1 saturated heterocycles. The van der Waals surface area contributed by atoms with Crippen LogP contribution in [0.4, 0.5) is 0 Å². The predicted molar refractivity (Wildman–Crippen MR) is 88.1 cm³/mol. The summed E-state index contributed by atoms with van der Waals surface area (Å²) >= 11 is 1.55. The Labute approximate surface area is 140 Å². The number of methoxy groups -OCH3 is 1. The Bertz CT molecular complexity index is 572. The first kappa shape index (κ1) is 16.5. The summed E-state index contributed by atoms with van der Waals surface area (Å²) in [6, 6.07) is 1.21. The van der Waals surface area contributed by atoms with Gasteiger partial charge in [0.05, 0.1) is 11.0 Å². The number of carbonyl (C=O) groups is 2. The van der Waals surface area contributed by atoms with Gasteiger partial charge in [-0.15, -0.1) is 11.3 Å². The first-order valence-electron chi connectivity index (χ1n) is 8.28. The van der Waals surface area contributed by atoms with Crippen LogP contribution < -0.4 is 0 Å². The van der Waals surface area contributed by atoms with Crippen LogP contribution >= 0.6 is 11.3 Å². The number of hydrogen-bond donors (Lipinski definition) is 1. The standard InChI is InChI=1S/C17H23NO4S/c1-22-12-9-13(17(20)21)18(10-12)16(19)15-8-11-6-4-2-3-5-7-14(11)23-15/h8,12-13H,2-7,9-10H2,1H3,(H,20,21). The van der Waals surface area contributed by atoms with E-state index in [2.05, 4.69) is 0 Å². The number of hydrogen-bond acceptors (Lipinski definition) is 4. The van der Waals surface area contributed by atoms with Gasteiger partial charge in [0.15, 0.2) is 0 Å². The number of nitrogens with zero attached hydrogens (tertiary/aromatic N) is 1. The van der Waals surface area contributed by atoms with E-state index in [1.165, 1.54) is 41.0 Å². The van der Waals surface area contributed by atoms with Crippen molar-refractivity contribution < 1.29 is 19.4 Å². The Balaban J connectivity index is 1.82. The normalized spacial score (nSPS) is 24.8. The second-order valence-corrected chi connectivity index (χ2v) is 7.51. The zero-order chi connectivity index (χ0) is 16.4. The molecule has 126 valence electrons. The van der Waals surface area contributed by atoms with Crippen LogP contribution in [0.5, 0.6) is 0 Å². The van der Waals surface area contributed by atoms with Crippen LogP contribution in [-0.4, -0.2) is 47.7 Å². The van der Waals surface area contributed by atoms with Gasteiger partial charge in [0, 0.05) is 25.0 Å². The lowest BCUT2D eigenvalue weighted by molar-refractivity contribution is -0.141. The molecular formula is C17H23NO4S. The molecule has 2 aliphatic rings. The van der Waals surface area contributed by atoms with Gasteiger partial charge in [-0.3, -0.25) is 4.79 Å². The number of rotatable bonds is 3. The van der Waals surface area contributed by atoms with Crippen molar-refractivity contribution in [3.63, 3.8) is 0 Å². The number of carboxylic acids is 1. The van der Waals surface area contributed by atoms with E-state index in [1.54, 1.807) is 18.4 Å². The summed E-state index contributed by atoms with van der Waals surface area (Å²) in [5, 5.41) is 9.38. The van der Waals surface area contributed by atoms with Crippen molar-refractivity contribution in [2.75, 3.05) is 13.7 Å². The van der Waals surface area contributed by atoms with Gasteiger partial charge in [0.2, 0.25) is 0 Å². The number of thiophene rings is 1. The molecule has 0 radical (unpaired) electrons. The molecular weight excluding hydrogens is 314 g/mol. The minimum Gasteiger partial charge on any atom is -0.480 e. The lowest BCUT2D eigenvalue weighted by Crippen LogP contribution is -2.40. The molecule has 1 aromatic heterocycles. The molecule has 1 aromatic rings. The largest absolute Gasteiger partial charge is 0.480 e. The minimum absolute atomic E-state index is 0.159. The highest BCUT2D eigenvalue weighted by atomic mass is 32.1. The summed E-state index contributed by atoms with van der Waals surface area (Å²) < 4.78 is 5.27. The Morgan fingerprint density at radius 2 is 2.00 bits per heavy atom. The highest BCUT2D eigenvalue weighted by molar-refractivity contribution is 7.14. The number of likely N-dealkylation sites (tertiary alicyclic amines) is 1. The van der Waals surface area contributed by atoms with Crippen molar-refractivity contribution in [3.8, 4) is 0 Å². The van der Waals surface area contributed by atoms with Crippen LogP contribution in [0.3, 0.4) is 0 Å². The highest BCUT2D eigenvalue weighted by Gasteiger charge is 2.40. The fraction of sp³-hybridized carbons (Fsp3) is 0.647. The van der Waals surface area contributed by atoms with Crippen molar-refractivity contribution in [1.29, 1.82) is 0 Å². The lowest BCUT2D eigenvalue weighted by Gasteiger charge is -2.20. The van der Waals surface area contributed by atoms with E-state index in [4.69, 9.17) is 4.74 Å². The van der Waals surface area contributed by atoms with Crippen molar-refractivity contribution in [2.24, 2.45) is 0 Å². The molecule has 1 N–H and O–H groups in total. The van der Waals surface area contributed by atoms with E-state index in [-0.39, 0.29) is 12.0 Å². The highest BCUT2D eigenvalue weighted by Crippen LogP contribution is 2.31. The van der Waals surface area contributed by atoms with Gasteiger partial charge in [-0.2, -0.15) is 0 Å². The van der Waals surface area contributed by atoms with Gasteiger partial charge < -0.3 is 14.7 Å². The van der Waals surface area contributed by atoms with Gasteiger partial charge in [0.1, 0.15) is 6.04 Å². The Morgan fingerprint density at radius 3 is 2.70 bits per heavy atom. The topological polar surface area (TPSA) is 66.8 Å². The van der Waals surface area contributed by atoms with Crippen molar-refractivity contribution >= 4 is 23.2 Å². The van der Waals surface area contributed by atoms with Crippen LogP contribution in [-0.2, 0) is 22.4 Å². The molecule has 0 bridgehead atoms. The molecule has 2 atom stereocenters. The molecule has 2 unspecified atom stereocenters. The van der Waals surface area contributed by atoms with Crippen LogP contribution in [0.15, 0.2) is 6.07 Å². The first-order chi connectivity index (χ1) is 11.1. The molecule has 23 heavy (non-hydrogen) atoms. The Kier molecular flexibility index (Phi) is 5.02. The molecule has 1 amide bonds. The number of ether oxygens (including phenoxy) is 1. The second kappa shape index (κ2) is 7.01. The van der Waals surface area contributed by atoms with Crippen molar-refractivity contribution in [3.05, 3.63) is 21.4 Å². The minimum atomic E-state index is -0.951. The van der Waals surface area contributed by atoms with Gasteiger partial charge in [-0.05, 0) is 37.3 Å². The SMILES string of the molecule is COC1CC(C(=O)O)N(C(=O)c2cc3c(s2)CCCCCC3)C1. The fourth-order valence-corrected chi connectivity index (χ4v) is 4.73. The third-order valence-electron chi connectivity index (χ3n) is 4.85. The molecule has 0 saturated carbocycles. The average molecular weight is 337 g/mol. The second-order valence-electron chi connectivity index (χ2n) is 6.38. The Hall–Kier alpha value is -1.40. The molecule has 1 aliphatic heterocycles. The van der Waals surface area contributed by atoms with Crippen LogP contribution in [0.1, 0.15) is 52.2 Å². The quantitative estimate of drug-likeness (QED) is 0.921. The van der Waals surface area contributed by atoms with Gasteiger partial charge in [-0.1, -0.05) is 12.8 Å². The third-order valence-corrected chi connectivity index (χ3v) is 6.07. The zero-order valence-corrected chi connectivity index (χ0v) is 14.2. The zero-order valence-electron chi connectivity index (χ0n) is 13.4. The molecule has 2 heterocycles. The van der Waals surface area contributed by atoms with Gasteiger partial charge in [-0.25, -0.2) is 4.79 Å².